The van der Waals surface area contributed by atoms with Crippen LogP contribution in [0.25, 0.3) is 0 Å². The van der Waals surface area contributed by atoms with Gasteiger partial charge in [0.2, 0.25) is 5.91 Å². The lowest BCUT2D eigenvalue weighted by atomic mass is 10.1. The van der Waals surface area contributed by atoms with Crippen LogP contribution in [0, 0.1) is 0 Å². The molecule has 0 saturated heterocycles. The number of amides is 2. The zero-order valence-corrected chi connectivity index (χ0v) is 13.7. The number of nitrogens with two attached hydrogens (primary N) is 1. The van der Waals surface area contributed by atoms with Crippen molar-refractivity contribution in [2.24, 2.45) is 5.73 Å². The van der Waals surface area contributed by atoms with Crippen LogP contribution in [0.3, 0.4) is 0 Å². The van der Waals surface area contributed by atoms with Crippen molar-refractivity contribution in [1.29, 1.82) is 0 Å². The zero-order chi connectivity index (χ0) is 16.4. The third kappa shape index (κ3) is 3.45. The molecule has 0 spiro atoms. The van der Waals surface area contributed by atoms with Crippen molar-refractivity contribution in [2.45, 2.75) is 24.4 Å². The van der Waals surface area contributed by atoms with Crippen molar-refractivity contribution in [3.05, 3.63) is 38.6 Å². The minimum atomic E-state index is -0.513. The second-order valence-electron chi connectivity index (χ2n) is 5.00. The Labute approximate surface area is 139 Å². The molecule has 2 aromatic rings. The van der Waals surface area contributed by atoms with E-state index < -0.39 is 5.91 Å². The molecule has 4 N–H and O–H groups in total. The molecule has 0 fully saturated rings. The van der Waals surface area contributed by atoms with Crippen molar-refractivity contribution in [2.75, 3.05) is 11.1 Å². The third-order valence-electron chi connectivity index (χ3n) is 3.41. The van der Waals surface area contributed by atoms with Gasteiger partial charge in [0.25, 0.3) is 11.5 Å². The average Bonchev–Trinajstić information content (AvgIpc) is 3.05. The molecule has 7 nitrogen and oxygen atoms in total. The lowest BCUT2D eigenvalue weighted by Crippen LogP contribution is -2.19. The van der Waals surface area contributed by atoms with Gasteiger partial charge in [0.05, 0.1) is 11.3 Å². The number of nitrogens with one attached hydrogen (secondary N) is 2. The number of carbonyl (C=O) groups is 2. The highest BCUT2D eigenvalue weighted by Crippen LogP contribution is 2.38. The Morgan fingerprint density at radius 3 is 3.00 bits per heavy atom. The van der Waals surface area contributed by atoms with Gasteiger partial charge in [-0.05, 0) is 24.8 Å². The molecule has 0 unspecified atom stereocenters. The summed E-state index contributed by atoms with van der Waals surface area (Å²) in [5, 5.41) is 3.63. The van der Waals surface area contributed by atoms with Gasteiger partial charge in [0.1, 0.15) is 5.00 Å². The van der Waals surface area contributed by atoms with E-state index in [1.165, 1.54) is 23.6 Å². The highest BCUT2D eigenvalue weighted by molar-refractivity contribution is 7.99. The summed E-state index contributed by atoms with van der Waals surface area (Å²) in [5.41, 5.74) is 6.59. The lowest BCUT2D eigenvalue weighted by molar-refractivity contribution is -0.113. The van der Waals surface area contributed by atoms with Gasteiger partial charge < -0.3 is 16.0 Å². The van der Waals surface area contributed by atoms with Crippen LogP contribution in [0.1, 0.15) is 27.2 Å². The smallest absolute Gasteiger partial charge is 0.251 e. The van der Waals surface area contributed by atoms with Crippen molar-refractivity contribution in [3.8, 4) is 0 Å². The third-order valence-corrected chi connectivity index (χ3v) is 5.50. The Balaban J connectivity index is 1.69. The number of aromatic nitrogens is 2. The number of H-pyrrole nitrogens is 1. The van der Waals surface area contributed by atoms with Crippen LogP contribution >= 0.6 is 23.1 Å². The summed E-state index contributed by atoms with van der Waals surface area (Å²) in [6.07, 6.45) is 4.14. The Hall–Kier alpha value is -2.13. The molecule has 120 valence electrons. The number of aromatic amines is 1. The Morgan fingerprint density at radius 1 is 1.43 bits per heavy atom. The van der Waals surface area contributed by atoms with Crippen LogP contribution in [0.2, 0.25) is 0 Å². The number of hydrogen-bond donors (Lipinski definition) is 3. The summed E-state index contributed by atoms with van der Waals surface area (Å²) in [7, 11) is 0. The van der Waals surface area contributed by atoms with E-state index in [-0.39, 0.29) is 17.2 Å². The molecule has 1 aliphatic carbocycles. The van der Waals surface area contributed by atoms with Gasteiger partial charge in [-0.25, -0.2) is 4.98 Å². The summed E-state index contributed by atoms with van der Waals surface area (Å²) in [4.78, 5) is 42.5. The highest BCUT2D eigenvalue weighted by atomic mass is 32.2. The molecule has 2 aromatic heterocycles. The van der Waals surface area contributed by atoms with Crippen LogP contribution in [-0.2, 0) is 17.6 Å². The summed E-state index contributed by atoms with van der Waals surface area (Å²) >= 11 is 2.53. The molecule has 2 amide bonds. The molecule has 2 heterocycles. The predicted molar refractivity (Wildman–Crippen MR) is 89.1 cm³/mol. The molecule has 0 atom stereocenters. The van der Waals surface area contributed by atoms with Crippen molar-refractivity contribution < 1.29 is 9.59 Å². The van der Waals surface area contributed by atoms with Crippen molar-refractivity contribution in [3.63, 3.8) is 0 Å². The van der Waals surface area contributed by atoms with E-state index in [1.54, 1.807) is 0 Å². The molecule has 1 aliphatic rings. The Kier molecular flexibility index (Phi) is 4.49. The van der Waals surface area contributed by atoms with Gasteiger partial charge in [-0.15, -0.1) is 11.3 Å². The molecular formula is C14H14N4O3S2. The number of anilines is 1. The normalized spacial score (nSPS) is 12.9. The first-order valence-electron chi connectivity index (χ1n) is 6.97. The van der Waals surface area contributed by atoms with Crippen LogP contribution in [0.5, 0.6) is 0 Å². The summed E-state index contributed by atoms with van der Waals surface area (Å²) in [6, 6.07) is 1.30. The lowest BCUT2D eigenvalue weighted by Gasteiger charge is -2.05. The first-order chi connectivity index (χ1) is 11.0. The number of rotatable bonds is 5. The van der Waals surface area contributed by atoms with Crippen molar-refractivity contribution >= 4 is 39.9 Å². The minimum absolute atomic E-state index is 0.0771. The van der Waals surface area contributed by atoms with E-state index in [1.807, 2.05) is 0 Å². The molecule has 3 rings (SSSR count). The fourth-order valence-electron chi connectivity index (χ4n) is 2.47. The molecule has 0 aromatic carbocycles. The second kappa shape index (κ2) is 6.55. The maximum absolute atomic E-state index is 12.1. The molecule has 0 saturated carbocycles. The largest absolute Gasteiger partial charge is 0.365 e. The van der Waals surface area contributed by atoms with Crippen LogP contribution < -0.4 is 16.6 Å². The van der Waals surface area contributed by atoms with Crippen molar-refractivity contribution in [1.82, 2.24) is 9.97 Å². The molecular weight excluding hydrogens is 336 g/mol. The molecule has 0 radical (unpaired) electrons. The van der Waals surface area contributed by atoms with E-state index in [2.05, 4.69) is 15.3 Å². The second-order valence-corrected chi connectivity index (χ2v) is 7.07. The number of fused-ring (bicyclic) bond motifs is 1. The minimum Gasteiger partial charge on any atom is -0.365 e. The predicted octanol–water partition coefficient (Wildman–Crippen LogP) is 1.15. The van der Waals surface area contributed by atoms with E-state index in [4.69, 9.17) is 5.73 Å². The molecule has 9 heteroatoms. The van der Waals surface area contributed by atoms with Gasteiger partial charge in [-0.2, -0.15) is 0 Å². The van der Waals surface area contributed by atoms with Gasteiger partial charge in [0.15, 0.2) is 5.16 Å². The fourth-order valence-corrected chi connectivity index (χ4v) is 4.43. The van der Waals surface area contributed by atoms with E-state index >= 15 is 0 Å². The highest BCUT2D eigenvalue weighted by Gasteiger charge is 2.26. The Morgan fingerprint density at radius 2 is 2.26 bits per heavy atom. The topological polar surface area (TPSA) is 118 Å². The van der Waals surface area contributed by atoms with Crippen LogP contribution in [0.15, 0.2) is 22.2 Å². The standard InChI is InChI=1S/C14H14N4O3S2/c15-12(21)11-7-2-1-3-8(7)23-13(11)17-10(20)6-22-14-16-5-4-9(19)18-14/h4-5H,1-3,6H2,(H2,15,21)(H,17,20)(H,16,18,19). The number of thiophene rings is 1. The number of carbonyl (C=O) groups excluding carboxylic acids is 2. The van der Waals surface area contributed by atoms with Gasteiger partial charge in [0, 0.05) is 17.1 Å². The molecule has 0 aliphatic heterocycles. The monoisotopic (exact) mass is 350 g/mol. The zero-order valence-electron chi connectivity index (χ0n) is 12.0. The summed E-state index contributed by atoms with van der Waals surface area (Å²) < 4.78 is 0. The van der Waals surface area contributed by atoms with E-state index in [9.17, 15) is 14.4 Å². The summed E-state index contributed by atoms with van der Waals surface area (Å²) in [5.74, 6) is -0.710. The number of aryl methyl sites for hydroxylation is 1. The first kappa shape index (κ1) is 15.8. The van der Waals surface area contributed by atoms with Crippen LogP contribution in [-0.4, -0.2) is 27.5 Å². The van der Waals surface area contributed by atoms with Gasteiger partial charge in [-0.1, -0.05) is 11.8 Å². The first-order valence-corrected chi connectivity index (χ1v) is 8.77. The van der Waals surface area contributed by atoms with Crippen LogP contribution in [0.4, 0.5) is 5.00 Å². The quantitative estimate of drug-likeness (QED) is 0.552. The maximum Gasteiger partial charge on any atom is 0.251 e. The van der Waals surface area contributed by atoms with Gasteiger partial charge >= 0.3 is 0 Å². The number of nitrogens with zero attached hydrogens (tertiary/aromatic N) is 1. The van der Waals surface area contributed by atoms with E-state index in [0.717, 1.165) is 41.5 Å². The summed E-state index contributed by atoms with van der Waals surface area (Å²) in [6.45, 7) is 0. The number of hydrogen-bond acceptors (Lipinski definition) is 6. The fraction of sp³-hybridized carbons (Fsp3) is 0.286. The van der Waals surface area contributed by atoms with Gasteiger partial charge in [-0.3, -0.25) is 14.4 Å². The average molecular weight is 350 g/mol. The van der Waals surface area contributed by atoms with E-state index in [0.29, 0.717) is 15.7 Å². The molecule has 23 heavy (non-hydrogen) atoms. The Bertz CT molecular complexity index is 828. The maximum atomic E-state index is 12.1. The number of thioether (sulfide) groups is 1. The molecule has 0 bridgehead atoms. The number of primary amides is 1. The SMILES string of the molecule is NC(=O)c1c(NC(=O)CSc2nccc(=O)[nH]2)sc2c1CCC2.